The normalized spacial score (nSPS) is 13.8. The Labute approximate surface area is 131 Å². The molecule has 0 bridgehead atoms. The number of aliphatic hydroxyl groups excluding tert-OH is 1. The van der Waals surface area contributed by atoms with Crippen molar-refractivity contribution in [3.63, 3.8) is 0 Å². The number of nitrogens with zero attached hydrogens (tertiary/aromatic N) is 1. The SMILES string of the molecule is CN(CC(C)(C)C)NC(O)CCc1ccc(Cl)c(Cl)c1. The van der Waals surface area contributed by atoms with Crippen LogP contribution in [0.25, 0.3) is 0 Å². The molecule has 0 heterocycles. The topological polar surface area (TPSA) is 35.5 Å². The van der Waals surface area contributed by atoms with Gasteiger partial charge < -0.3 is 5.11 Å². The molecule has 20 heavy (non-hydrogen) atoms. The lowest BCUT2D eigenvalue weighted by atomic mass is 9.97. The summed E-state index contributed by atoms with van der Waals surface area (Å²) >= 11 is 11.8. The smallest absolute Gasteiger partial charge is 0.117 e. The number of hydrogen-bond donors (Lipinski definition) is 2. The first-order valence-corrected chi connectivity index (χ1v) is 7.52. The fraction of sp³-hybridized carbons (Fsp3) is 0.600. The second kappa shape index (κ2) is 7.62. The predicted octanol–water partition coefficient (Wildman–Crippen LogP) is 3.73. The van der Waals surface area contributed by atoms with Gasteiger partial charge in [0.1, 0.15) is 6.23 Å². The number of aryl methyl sites for hydroxylation is 1. The van der Waals surface area contributed by atoms with Gasteiger partial charge in [-0.05, 0) is 36.0 Å². The molecule has 114 valence electrons. The molecular weight excluding hydrogens is 295 g/mol. The minimum absolute atomic E-state index is 0.186. The van der Waals surface area contributed by atoms with Crippen LogP contribution in [0, 0.1) is 5.41 Å². The molecule has 1 aromatic rings. The number of rotatable bonds is 6. The van der Waals surface area contributed by atoms with Crippen molar-refractivity contribution < 1.29 is 5.11 Å². The molecule has 0 radical (unpaired) electrons. The van der Waals surface area contributed by atoms with Gasteiger partial charge >= 0.3 is 0 Å². The summed E-state index contributed by atoms with van der Waals surface area (Å²) in [5.41, 5.74) is 4.32. The van der Waals surface area contributed by atoms with Crippen molar-refractivity contribution in [2.24, 2.45) is 5.41 Å². The minimum atomic E-state index is -0.572. The third-order valence-electron chi connectivity index (χ3n) is 2.77. The lowest BCUT2D eigenvalue weighted by Crippen LogP contribution is -2.45. The van der Waals surface area contributed by atoms with Crippen molar-refractivity contribution in [2.45, 2.75) is 39.8 Å². The molecule has 3 nitrogen and oxygen atoms in total. The molecule has 0 amide bonds. The minimum Gasteiger partial charge on any atom is -0.377 e. The van der Waals surface area contributed by atoms with Gasteiger partial charge in [-0.3, -0.25) is 0 Å². The van der Waals surface area contributed by atoms with Crippen LogP contribution >= 0.6 is 23.2 Å². The maximum absolute atomic E-state index is 9.99. The second-order valence-electron chi connectivity index (χ2n) is 6.35. The summed E-state index contributed by atoms with van der Waals surface area (Å²) in [6, 6.07) is 5.56. The van der Waals surface area contributed by atoms with E-state index in [4.69, 9.17) is 23.2 Å². The summed E-state index contributed by atoms with van der Waals surface area (Å²) in [6.45, 7) is 7.34. The standard InChI is InChI=1S/C15H24Cl2N2O/c1-15(2,3)10-19(4)18-14(20)8-6-11-5-7-12(16)13(17)9-11/h5,7,9,14,18,20H,6,8,10H2,1-4H3. The third kappa shape index (κ3) is 6.91. The van der Waals surface area contributed by atoms with Crippen molar-refractivity contribution in [1.82, 2.24) is 10.4 Å². The Morgan fingerprint density at radius 3 is 2.45 bits per heavy atom. The van der Waals surface area contributed by atoms with E-state index in [1.54, 1.807) is 6.07 Å². The summed E-state index contributed by atoms with van der Waals surface area (Å²) < 4.78 is 0. The molecule has 0 fully saturated rings. The van der Waals surface area contributed by atoms with Crippen molar-refractivity contribution in [1.29, 1.82) is 0 Å². The van der Waals surface area contributed by atoms with E-state index in [9.17, 15) is 5.11 Å². The van der Waals surface area contributed by atoms with Gasteiger partial charge in [0.2, 0.25) is 0 Å². The zero-order chi connectivity index (χ0) is 15.3. The molecule has 0 aromatic heterocycles. The maximum atomic E-state index is 9.99. The quantitative estimate of drug-likeness (QED) is 0.619. The highest BCUT2D eigenvalue weighted by Gasteiger charge is 2.15. The van der Waals surface area contributed by atoms with Crippen LogP contribution in [0.2, 0.25) is 10.0 Å². The molecule has 0 spiro atoms. The number of benzene rings is 1. The molecule has 0 aliphatic carbocycles. The molecule has 1 rings (SSSR count). The van der Waals surface area contributed by atoms with E-state index >= 15 is 0 Å². The fourth-order valence-electron chi connectivity index (χ4n) is 2.07. The molecule has 0 aliphatic rings. The summed E-state index contributed by atoms with van der Waals surface area (Å²) in [7, 11) is 1.94. The van der Waals surface area contributed by atoms with E-state index < -0.39 is 6.23 Å². The van der Waals surface area contributed by atoms with E-state index in [1.807, 2.05) is 24.2 Å². The number of halogens is 2. The maximum Gasteiger partial charge on any atom is 0.117 e. The Balaban J connectivity index is 2.39. The van der Waals surface area contributed by atoms with Crippen molar-refractivity contribution >= 4 is 23.2 Å². The highest BCUT2D eigenvalue weighted by atomic mass is 35.5. The molecular formula is C15H24Cl2N2O. The van der Waals surface area contributed by atoms with Crippen molar-refractivity contribution in [2.75, 3.05) is 13.6 Å². The Hall–Kier alpha value is -0.320. The first kappa shape index (κ1) is 17.7. The zero-order valence-electron chi connectivity index (χ0n) is 12.6. The van der Waals surface area contributed by atoms with Crippen molar-refractivity contribution in [3.8, 4) is 0 Å². The fourth-order valence-corrected chi connectivity index (χ4v) is 2.40. The van der Waals surface area contributed by atoms with E-state index in [-0.39, 0.29) is 5.41 Å². The molecule has 1 atom stereocenters. The van der Waals surface area contributed by atoms with Crippen LogP contribution in [0.3, 0.4) is 0 Å². The van der Waals surface area contributed by atoms with Gasteiger partial charge in [0.15, 0.2) is 0 Å². The van der Waals surface area contributed by atoms with Gasteiger partial charge in [-0.2, -0.15) is 0 Å². The van der Waals surface area contributed by atoms with Gasteiger partial charge in [0, 0.05) is 13.6 Å². The Morgan fingerprint density at radius 1 is 1.25 bits per heavy atom. The highest BCUT2D eigenvalue weighted by molar-refractivity contribution is 6.42. The Bertz CT molecular complexity index is 432. The van der Waals surface area contributed by atoms with Crippen LogP contribution < -0.4 is 5.43 Å². The molecule has 5 heteroatoms. The van der Waals surface area contributed by atoms with Crippen LogP contribution in [0.4, 0.5) is 0 Å². The predicted molar refractivity (Wildman–Crippen MR) is 86.0 cm³/mol. The summed E-state index contributed by atoms with van der Waals surface area (Å²) in [6.07, 6.45) is 0.790. The lowest BCUT2D eigenvalue weighted by molar-refractivity contribution is 0.0286. The molecule has 0 aliphatic heterocycles. The van der Waals surface area contributed by atoms with E-state index in [1.165, 1.54) is 0 Å². The molecule has 0 saturated heterocycles. The van der Waals surface area contributed by atoms with Crippen LogP contribution in [0.15, 0.2) is 18.2 Å². The molecule has 1 aromatic carbocycles. The van der Waals surface area contributed by atoms with Gasteiger partial charge in [-0.25, -0.2) is 10.4 Å². The largest absolute Gasteiger partial charge is 0.377 e. The second-order valence-corrected chi connectivity index (χ2v) is 7.16. The van der Waals surface area contributed by atoms with Gasteiger partial charge in [-0.15, -0.1) is 0 Å². The lowest BCUT2D eigenvalue weighted by Gasteiger charge is -2.29. The number of aliphatic hydroxyl groups is 1. The van der Waals surface area contributed by atoms with Crippen LogP contribution in [0.1, 0.15) is 32.8 Å². The average molecular weight is 319 g/mol. The Morgan fingerprint density at radius 2 is 1.90 bits per heavy atom. The first-order valence-electron chi connectivity index (χ1n) is 6.77. The van der Waals surface area contributed by atoms with Crippen LogP contribution in [0.5, 0.6) is 0 Å². The van der Waals surface area contributed by atoms with Gasteiger partial charge in [0.05, 0.1) is 10.0 Å². The van der Waals surface area contributed by atoms with E-state index in [2.05, 4.69) is 26.2 Å². The number of hydrogen-bond acceptors (Lipinski definition) is 3. The zero-order valence-corrected chi connectivity index (χ0v) is 14.1. The Kier molecular flexibility index (Phi) is 6.76. The van der Waals surface area contributed by atoms with Gasteiger partial charge in [-0.1, -0.05) is 50.0 Å². The summed E-state index contributed by atoms with van der Waals surface area (Å²) in [4.78, 5) is 0. The summed E-state index contributed by atoms with van der Waals surface area (Å²) in [5, 5.41) is 13.0. The number of hydrazine groups is 1. The van der Waals surface area contributed by atoms with E-state index in [0.717, 1.165) is 18.5 Å². The summed E-state index contributed by atoms with van der Waals surface area (Å²) in [5.74, 6) is 0. The molecule has 1 unspecified atom stereocenters. The first-order chi connectivity index (χ1) is 9.17. The van der Waals surface area contributed by atoms with Crippen LogP contribution in [-0.2, 0) is 6.42 Å². The highest BCUT2D eigenvalue weighted by Crippen LogP contribution is 2.23. The van der Waals surface area contributed by atoms with Gasteiger partial charge in [0.25, 0.3) is 0 Å². The number of nitrogens with one attached hydrogen (secondary N) is 1. The molecule has 2 N–H and O–H groups in total. The third-order valence-corrected chi connectivity index (χ3v) is 3.51. The molecule has 0 saturated carbocycles. The van der Waals surface area contributed by atoms with E-state index in [0.29, 0.717) is 16.5 Å². The van der Waals surface area contributed by atoms with Crippen molar-refractivity contribution in [3.05, 3.63) is 33.8 Å². The van der Waals surface area contributed by atoms with Crippen LogP contribution in [-0.4, -0.2) is 29.9 Å². The monoisotopic (exact) mass is 318 g/mol. The average Bonchev–Trinajstić information content (AvgIpc) is 2.28.